The van der Waals surface area contributed by atoms with Gasteiger partial charge in [0.2, 0.25) is 6.54 Å². The Morgan fingerprint density at radius 3 is 2.90 bits per heavy atom. The second-order valence-corrected chi connectivity index (χ2v) is 5.58. The van der Waals surface area contributed by atoms with Crippen LogP contribution in [0, 0.1) is 10.1 Å². The molecule has 0 aliphatic carbocycles. The Hall–Kier alpha value is -1.55. The van der Waals surface area contributed by atoms with Crippen molar-refractivity contribution in [3.8, 4) is 0 Å². The summed E-state index contributed by atoms with van der Waals surface area (Å²) in [6.45, 7) is 2.11. The first kappa shape index (κ1) is 14.9. The normalized spacial score (nSPS) is 12.7. The minimum absolute atomic E-state index is 0.0246. The van der Waals surface area contributed by atoms with E-state index >= 15 is 0 Å². The summed E-state index contributed by atoms with van der Waals surface area (Å²) >= 11 is 6.04. The number of aromatic nitrogens is 1. The lowest BCUT2D eigenvalue weighted by Gasteiger charge is -2.12. The van der Waals surface area contributed by atoms with Crippen molar-refractivity contribution in [3.63, 3.8) is 0 Å². The van der Waals surface area contributed by atoms with Crippen LogP contribution in [0.15, 0.2) is 24.4 Å². The van der Waals surface area contributed by atoms with Crippen molar-refractivity contribution in [1.29, 1.82) is 0 Å². The number of nitro groups is 1. The van der Waals surface area contributed by atoms with Gasteiger partial charge in [0.15, 0.2) is 0 Å². The van der Waals surface area contributed by atoms with E-state index in [2.05, 4.69) is 11.9 Å². The smallest absolute Gasteiger partial charge is 0.210 e. The van der Waals surface area contributed by atoms with Crippen molar-refractivity contribution < 1.29 is 4.92 Å². The van der Waals surface area contributed by atoms with E-state index in [1.165, 1.54) is 0 Å². The van der Waals surface area contributed by atoms with E-state index in [-0.39, 0.29) is 17.4 Å². The monoisotopic (exact) mass is 294 g/mol. The van der Waals surface area contributed by atoms with Gasteiger partial charge in [-0.05, 0) is 30.2 Å². The third-order valence-electron chi connectivity index (χ3n) is 3.64. The van der Waals surface area contributed by atoms with Crippen LogP contribution in [-0.2, 0) is 0 Å². The molecule has 0 amide bonds. The third-order valence-corrected chi connectivity index (χ3v) is 3.88. The maximum Gasteiger partial charge on any atom is 0.210 e. The molecule has 20 heavy (non-hydrogen) atoms. The number of hydrogen-bond donors (Lipinski definition) is 1. The van der Waals surface area contributed by atoms with Crippen LogP contribution in [0.4, 0.5) is 0 Å². The number of rotatable bonds is 7. The van der Waals surface area contributed by atoms with Crippen LogP contribution < -0.4 is 0 Å². The van der Waals surface area contributed by atoms with Crippen molar-refractivity contribution in [1.82, 2.24) is 4.98 Å². The van der Waals surface area contributed by atoms with Crippen molar-refractivity contribution in [2.24, 2.45) is 0 Å². The molecule has 0 unspecified atom stereocenters. The summed E-state index contributed by atoms with van der Waals surface area (Å²) in [5.41, 5.74) is 1.99. The zero-order valence-corrected chi connectivity index (χ0v) is 12.3. The maximum atomic E-state index is 10.9. The van der Waals surface area contributed by atoms with Crippen molar-refractivity contribution in [3.05, 3.63) is 45.1 Å². The van der Waals surface area contributed by atoms with Gasteiger partial charge in [0.25, 0.3) is 0 Å². The number of nitrogens with zero attached hydrogens (tertiary/aromatic N) is 1. The first-order chi connectivity index (χ1) is 9.61. The van der Waals surface area contributed by atoms with Gasteiger partial charge in [-0.1, -0.05) is 37.8 Å². The summed E-state index contributed by atoms with van der Waals surface area (Å²) in [6, 6.07) is 5.62. The van der Waals surface area contributed by atoms with Crippen LogP contribution in [0.1, 0.15) is 44.1 Å². The fourth-order valence-electron chi connectivity index (χ4n) is 2.62. The second-order valence-electron chi connectivity index (χ2n) is 5.14. The molecular formula is C15H19ClN2O2. The zero-order chi connectivity index (χ0) is 14.5. The van der Waals surface area contributed by atoms with Crippen LogP contribution in [0.5, 0.6) is 0 Å². The SMILES string of the molecule is CCCCC[C@H](C[N+](=O)[O-])c1c[nH]c2ccc(Cl)cc12. The van der Waals surface area contributed by atoms with E-state index in [4.69, 9.17) is 11.6 Å². The first-order valence-corrected chi connectivity index (χ1v) is 7.38. The standard InChI is InChI=1S/C15H19ClN2O2/c1-2-3-4-5-11(10-18(19)20)14-9-17-15-7-6-12(16)8-13(14)15/h6-9,11,17H,2-5,10H2,1H3/t11-/m1/s1. The fourth-order valence-corrected chi connectivity index (χ4v) is 2.79. The molecule has 1 N–H and O–H groups in total. The van der Waals surface area contributed by atoms with E-state index in [0.29, 0.717) is 5.02 Å². The van der Waals surface area contributed by atoms with Gasteiger partial charge < -0.3 is 4.98 Å². The molecule has 0 bridgehead atoms. The summed E-state index contributed by atoms with van der Waals surface area (Å²) in [4.78, 5) is 13.9. The van der Waals surface area contributed by atoms with Gasteiger partial charge in [0.1, 0.15) is 0 Å². The molecule has 108 valence electrons. The summed E-state index contributed by atoms with van der Waals surface area (Å²) in [5.74, 6) is -0.0521. The molecule has 0 aliphatic heterocycles. The van der Waals surface area contributed by atoms with Crippen molar-refractivity contribution in [2.75, 3.05) is 6.54 Å². The van der Waals surface area contributed by atoms with Crippen LogP contribution in [0.3, 0.4) is 0 Å². The molecule has 1 aromatic heterocycles. The van der Waals surface area contributed by atoms with Gasteiger partial charge in [0, 0.05) is 27.0 Å². The van der Waals surface area contributed by atoms with Gasteiger partial charge in [-0.15, -0.1) is 0 Å². The lowest BCUT2D eigenvalue weighted by molar-refractivity contribution is -0.483. The van der Waals surface area contributed by atoms with Gasteiger partial charge in [-0.25, -0.2) is 0 Å². The van der Waals surface area contributed by atoms with Gasteiger partial charge >= 0.3 is 0 Å². The number of benzene rings is 1. The number of aromatic amines is 1. The molecule has 1 aromatic carbocycles. The number of unbranched alkanes of at least 4 members (excludes halogenated alkanes) is 2. The predicted octanol–water partition coefficient (Wildman–Crippen LogP) is 4.76. The Morgan fingerprint density at radius 2 is 2.20 bits per heavy atom. The molecule has 1 heterocycles. The van der Waals surface area contributed by atoms with Gasteiger partial charge in [-0.2, -0.15) is 0 Å². The highest BCUT2D eigenvalue weighted by atomic mass is 35.5. The summed E-state index contributed by atoms with van der Waals surface area (Å²) in [5, 5.41) is 12.6. The molecule has 1 atom stereocenters. The van der Waals surface area contributed by atoms with Crippen molar-refractivity contribution in [2.45, 2.75) is 38.5 Å². The second kappa shape index (κ2) is 6.75. The Kier molecular flexibility index (Phi) is 5.01. The number of fused-ring (bicyclic) bond motifs is 1. The lowest BCUT2D eigenvalue weighted by atomic mass is 9.93. The molecule has 0 spiro atoms. The molecule has 2 rings (SSSR count). The molecule has 2 aromatic rings. The van der Waals surface area contributed by atoms with E-state index < -0.39 is 0 Å². The van der Waals surface area contributed by atoms with Crippen LogP contribution in [0.2, 0.25) is 5.02 Å². The average Bonchev–Trinajstić information content (AvgIpc) is 2.80. The van der Waals surface area contributed by atoms with Crippen molar-refractivity contribution >= 4 is 22.5 Å². The molecule has 0 saturated heterocycles. The minimum Gasteiger partial charge on any atom is -0.361 e. The van der Waals surface area contributed by atoms with Crippen LogP contribution in [-0.4, -0.2) is 16.5 Å². The van der Waals surface area contributed by atoms with Crippen LogP contribution >= 0.6 is 11.6 Å². The quantitative estimate of drug-likeness (QED) is 0.454. The highest BCUT2D eigenvalue weighted by Crippen LogP contribution is 2.31. The fraction of sp³-hybridized carbons (Fsp3) is 0.467. The first-order valence-electron chi connectivity index (χ1n) is 7.00. The van der Waals surface area contributed by atoms with E-state index in [0.717, 1.165) is 42.1 Å². The summed E-state index contributed by atoms with van der Waals surface area (Å²) in [7, 11) is 0. The molecule has 0 aliphatic rings. The Bertz CT molecular complexity index is 595. The third kappa shape index (κ3) is 3.51. The Labute approximate surface area is 123 Å². The largest absolute Gasteiger partial charge is 0.361 e. The summed E-state index contributed by atoms with van der Waals surface area (Å²) in [6.07, 6.45) is 5.97. The maximum absolute atomic E-state index is 10.9. The lowest BCUT2D eigenvalue weighted by Crippen LogP contribution is -2.12. The Balaban J connectivity index is 2.29. The van der Waals surface area contributed by atoms with Gasteiger partial charge in [-0.3, -0.25) is 10.1 Å². The highest BCUT2D eigenvalue weighted by Gasteiger charge is 2.20. The van der Waals surface area contributed by atoms with E-state index in [1.54, 1.807) is 0 Å². The van der Waals surface area contributed by atoms with Crippen LogP contribution in [0.25, 0.3) is 10.9 Å². The zero-order valence-electron chi connectivity index (χ0n) is 11.6. The Morgan fingerprint density at radius 1 is 1.40 bits per heavy atom. The number of halogens is 1. The minimum atomic E-state index is -0.222. The molecule has 4 nitrogen and oxygen atoms in total. The molecule has 0 fully saturated rings. The summed E-state index contributed by atoms with van der Waals surface area (Å²) < 4.78 is 0. The molecule has 5 heteroatoms. The topological polar surface area (TPSA) is 58.9 Å². The average molecular weight is 295 g/mol. The number of nitrogens with one attached hydrogen (secondary N) is 1. The number of H-pyrrole nitrogens is 1. The predicted molar refractivity (Wildman–Crippen MR) is 82.1 cm³/mol. The number of hydrogen-bond acceptors (Lipinski definition) is 2. The van der Waals surface area contributed by atoms with E-state index in [9.17, 15) is 10.1 Å². The molecular weight excluding hydrogens is 276 g/mol. The highest BCUT2D eigenvalue weighted by molar-refractivity contribution is 6.31. The molecule has 0 saturated carbocycles. The van der Waals surface area contributed by atoms with Gasteiger partial charge in [0.05, 0.1) is 5.92 Å². The molecule has 0 radical (unpaired) electrons. The van der Waals surface area contributed by atoms with E-state index in [1.807, 2.05) is 24.4 Å².